The molecule has 0 atom stereocenters. The molecule has 0 heterocycles. The Hall–Kier alpha value is -3.34. The molecule has 0 saturated carbocycles. The van der Waals surface area contributed by atoms with Crippen LogP contribution in [-0.2, 0) is 4.79 Å². The lowest BCUT2D eigenvalue weighted by Crippen LogP contribution is -2.16. The summed E-state index contributed by atoms with van der Waals surface area (Å²) in [6, 6.07) is 19.3. The summed E-state index contributed by atoms with van der Waals surface area (Å²) >= 11 is 6.91. The highest BCUT2D eigenvalue weighted by atomic mass is 35.5. The first-order valence-corrected chi connectivity index (χ1v) is 10.1. The molecule has 3 aromatic carbocycles. The average molecular weight is 440 g/mol. The molecule has 30 heavy (non-hydrogen) atoms. The van der Waals surface area contributed by atoms with Gasteiger partial charge in [0.25, 0.3) is 5.91 Å². The molecular weight excluding hydrogens is 425 g/mol. The largest absolute Gasteiger partial charge is 0.325 e. The fourth-order valence-corrected chi connectivity index (χ4v) is 3.58. The van der Waals surface area contributed by atoms with Crippen molar-refractivity contribution in [3.05, 3.63) is 88.7 Å². The zero-order valence-electron chi connectivity index (χ0n) is 15.5. The van der Waals surface area contributed by atoms with Crippen LogP contribution in [0.4, 0.5) is 15.8 Å². The Kier molecular flexibility index (Phi) is 7.07. The number of nitrogens with zero attached hydrogens (tertiary/aromatic N) is 1. The number of carbonyl (C=O) groups is 2. The fourth-order valence-electron chi connectivity index (χ4n) is 2.57. The number of rotatable bonds is 6. The van der Waals surface area contributed by atoms with E-state index >= 15 is 0 Å². The van der Waals surface area contributed by atoms with E-state index < -0.39 is 11.7 Å². The van der Waals surface area contributed by atoms with E-state index in [9.17, 15) is 14.0 Å². The molecule has 3 rings (SSSR count). The predicted molar refractivity (Wildman–Crippen MR) is 116 cm³/mol. The minimum absolute atomic E-state index is 0.0133. The normalized spacial score (nSPS) is 10.2. The second-order valence-corrected chi connectivity index (χ2v) is 7.56. The Labute approximate surface area is 181 Å². The van der Waals surface area contributed by atoms with E-state index in [1.165, 1.54) is 23.9 Å². The van der Waals surface area contributed by atoms with E-state index in [1.54, 1.807) is 48.5 Å². The van der Waals surface area contributed by atoms with Crippen LogP contribution in [0.15, 0.2) is 71.6 Å². The maximum atomic E-state index is 14.0. The molecule has 0 aliphatic carbocycles. The molecule has 0 aromatic heterocycles. The van der Waals surface area contributed by atoms with Gasteiger partial charge in [0.1, 0.15) is 5.82 Å². The number of benzene rings is 3. The summed E-state index contributed by atoms with van der Waals surface area (Å²) in [7, 11) is 0. The number of amides is 2. The number of halogens is 2. The van der Waals surface area contributed by atoms with Crippen LogP contribution in [0.25, 0.3) is 0 Å². The van der Waals surface area contributed by atoms with Gasteiger partial charge in [0, 0.05) is 15.6 Å². The molecule has 5 nitrogen and oxygen atoms in total. The number of hydrogen-bond donors (Lipinski definition) is 2. The van der Waals surface area contributed by atoms with Gasteiger partial charge >= 0.3 is 0 Å². The maximum Gasteiger partial charge on any atom is 0.256 e. The second-order valence-electron chi connectivity index (χ2n) is 6.10. The van der Waals surface area contributed by atoms with Crippen LogP contribution < -0.4 is 10.6 Å². The third-order valence-corrected chi connectivity index (χ3v) is 5.25. The number of nitrogens with one attached hydrogen (secondary N) is 2. The fraction of sp³-hybridized carbons (Fsp3) is 0.0455. The highest BCUT2D eigenvalue weighted by molar-refractivity contribution is 8.00. The number of carbonyl (C=O) groups excluding carboxylic acids is 2. The first kappa shape index (κ1) is 21.4. The summed E-state index contributed by atoms with van der Waals surface area (Å²) in [5.74, 6) is -1.37. The lowest BCUT2D eigenvalue weighted by atomic mass is 10.2. The van der Waals surface area contributed by atoms with Crippen molar-refractivity contribution >= 4 is 46.6 Å². The highest BCUT2D eigenvalue weighted by Crippen LogP contribution is 2.25. The zero-order chi connectivity index (χ0) is 21.5. The molecule has 2 amide bonds. The van der Waals surface area contributed by atoms with E-state index in [0.29, 0.717) is 21.7 Å². The Morgan fingerprint density at radius 2 is 1.83 bits per heavy atom. The molecule has 0 spiro atoms. The summed E-state index contributed by atoms with van der Waals surface area (Å²) in [5, 5.41) is 14.4. The van der Waals surface area contributed by atoms with Gasteiger partial charge < -0.3 is 10.6 Å². The first-order valence-electron chi connectivity index (χ1n) is 8.74. The predicted octanol–water partition coefficient (Wildman–Crippen LogP) is 5.33. The lowest BCUT2D eigenvalue weighted by Gasteiger charge is -2.11. The smallest absolute Gasteiger partial charge is 0.256 e. The summed E-state index contributed by atoms with van der Waals surface area (Å²) < 4.78 is 14.0. The van der Waals surface area contributed by atoms with E-state index in [2.05, 4.69) is 10.6 Å². The Morgan fingerprint density at radius 3 is 2.60 bits per heavy atom. The van der Waals surface area contributed by atoms with Crippen LogP contribution in [0, 0.1) is 17.1 Å². The Morgan fingerprint density at radius 1 is 1.03 bits per heavy atom. The molecule has 2 N–H and O–H groups in total. The van der Waals surface area contributed by atoms with Crippen LogP contribution in [-0.4, -0.2) is 17.6 Å². The van der Waals surface area contributed by atoms with Crippen molar-refractivity contribution in [1.82, 2.24) is 0 Å². The van der Waals surface area contributed by atoms with Crippen LogP contribution in [0.3, 0.4) is 0 Å². The molecule has 0 bridgehead atoms. The highest BCUT2D eigenvalue weighted by Gasteiger charge is 2.15. The van der Waals surface area contributed by atoms with Gasteiger partial charge in [0.2, 0.25) is 5.91 Å². The van der Waals surface area contributed by atoms with Crippen molar-refractivity contribution in [2.24, 2.45) is 0 Å². The Bertz CT molecular complexity index is 1150. The summed E-state index contributed by atoms with van der Waals surface area (Å²) in [6.07, 6.45) is 0. The standard InChI is InChI=1S/C22H15ClFN3O2S/c23-15-8-9-19(18(24)11-15)27-22(29)17-6-1-2-7-20(17)30-13-21(28)26-16-5-3-4-14(10-16)12-25/h1-11H,13H2,(H,26,28)(H,27,29). The molecular formula is C22H15ClFN3O2S. The SMILES string of the molecule is N#Cc1cccc(NC(=O)CSc2ccccc2C(=O)Nc2ccc(Cl)cc2F)c1. The molecule has 8 heteroatoms. The van der Waals surface area contributed by atoms with Crippen LogP contribution in [0.5, 0.6) is 0 Å². The molecule has 150 valence electrons. The van der Waals surface area contributed by atoms with Gasteiger partial charge in [-0.15, -0.1) is 11.8 Å². The molecule has 3 aromatic rings. The van der Waals surface area contributed by atoms with Crippen molar-refractivity contribution in [2.45, 2.75) is 4.90 Å². The molecule has 0 saturated heterocycles. The first-order chi connectivity index (χ1) is 14.5. The second kappa shape index (κ2) is 9.92. The summed E-state index contributed by atoms with van der Waals surface area (Å²) in [6.45, 7) is 0. The van der Waals surface area contributed by atoms with Gasteiger partial charge in [0.15, 0.2) is 0 Å². The van der Waals surface area contributed by atoms with Crippen LogP contribution >= 0.6 is 23.4 Å². The van der Waals surface area contributed by atoms with Crippen molar-refractivity contribution in [3.8, 4) is 6.07 Å². The molecule has 0 fully saturated rings. The summed E-state index contributed by atoms with van der Waals surface area (Å²) in [4.78, 5) is 25.5. The molecule has 0 aliphatic heterocycles. The van der Waals surface area contributed by atoms with Gasteiger partial charge in [-0.05, 0) is 48.5 Å². The lowest BCUT2D eigenvalue weighted by molar-refractivity contribution is -0.113. The molecule has 0 aliphatic rings. The summed E-state index contributed by atoms with van der Waals surface area (Å²) in [5.41, 5.74) is 1.29. The number of thioether (sulfide) groups is 1. The monoisotopic (exact) mass is 439 g/mol. The van der Waals surface area contributed by atoms with Crippen molar-refractivity contribution in [1.29, 1.82) is 5.26 Å². The van der Waals surface area contributed by atoms with Crippen molar-refractivity contribution in [3.63, 3.8) is 0 Å². The van der Waals surface area contributed by atoms with Gasteiger partial charge in [-0.3, -0.25) is 9.59 Å². The molecule has 0 radical (unpaired) electrons. The van der Waals surface area contributed by atoms with Crippen LogP contribution in [0.2, 0.25) is 5.02 Å². The van der Waals surface area contributed by atoms with Gasteiger partial charge in [0.05, 0.1) is 28.6 Å². The minimum Gasteiger partial charge on any atom is -0.325 e. The quantitative estimate of drug-likeness (QED) is 0.508. The third kappa shape index (κ3) is 5.60. The van der Waals surface area contributed by atoms with Crippen molar-refractivity contribution < 1.29 is 14.0 Å². The number of anilines is 2. The van der Waals surface area contributed by atoms with Crippen molar-refractivity contribution in [2.75, 3.05) is 16.4 Å². The molecule has 0 unspecified atom stereocenters. The maximum absolute atomic E-state index is 14.0. The minimum atomic E-state index is -0.639. The number of nitriles is 1. The van der Waals surface area contributed by atoms with E-state index in [4.69, 9.17) is 16.9 Å². The average Bonchev–Trinajstić information content (AvgIpc) is 2.74. The van der Waals surface area contributed by atoms with Gasteiger partial charge in [-0.1, -0.05) is 29.8 Å². The topological polar surface area (TPSA) is 82.0 Å². The van der Waals surface area contributed by atoms with Gasteiger partial charge in [-0.25, -0.2) is 4.39 Å². The zero-order valence-corrected chi connectivity index (χ0v) is 17.1. The third-order valence-electron chi connectivity index (χ3n) is 3.95. The van der Waals surface area contributed by atoms with E-state index in [0.717, 1.165) is 6.07 Å². The number of hydrogen-bond acceptors (Lipinski definition) is 4. The Balaban J connectivity index is 1.66. The van der Waals surface area contributed by atoms with E-state index in [-0.39, 0.29) is 22.4 Å². The van der Waals surface area contributed by atoms with Gasteiger partial charge in [-0.2, -0.15) is 5.26 Å². The van der Waals surface area contributed by atoms with E-state index in [1.807, 2.05) is 6.07 Å². The van der Waals surface area contributed by atoms with Crippen LogP contribution in [0.1, 0.15) is 15.9 Å².